The van der Waals surface area contributed by atoms with Gasteiger partial charge in [-0.2, -0.15) is 0 Å². The molecule has 0 unspecified atom stereocenters. The summed E-state index contributed by atoms with van der Waals surface area (Å²) in [7, 11) is 0. The van der Waals surface area contributed by atoms with Gasteiger partial charge in [-0.05, 0) is 44.7 Å². The molecule has 1 fully saturated rings. The van der Waals surface area contributed by atoms with Crippen LogP contribution in [0.5, 0.6) is 0 Å². The number of hydrogen-bond donors (Lipinski definition) is 2. The molecule has 2 amide bonds. The third kappa shape index (κ3) is 3.67. The van der Waals surface area contributed by atoms with Crippen LogP contribution in [-0.2, 0) is 9.59 Å². The summed E-state index contributed by atoms with van der Waals surface area (Å²) in [5.74, 6) is -0.293. The van der Waals surface area contributed by atoms with Crippen LogP contribution in [0, 0.1) is 19.3 Å². The lowest BCUT2D eigenvalue weighted by molar-refractivity contribution is -0.134. The molecule has 1 aromatic carbocycles. The predicted octanol–water partition coefficient (Wildman–Crippen LogP) is 3.33. The number of anilines is 1. The van der Waals surface area contributed by atoms with Crippen LogP contribution in [0.3, 0.4) is 0 Å². The number of benzene rings is 1. The van der Waals surface area contributed by atoms with Gasteiger partial charge in [-0.25, -0.2) is 0 Å². The average Bonchev–Trinajstić information content (AvgIpc) is 3.28. The maximum atomic E-state index is 12.5. The van der Waals surface area contributed by atoms with Crippen LogP contribution in [0.25, 0.3) is 0 Å². The standard InChI is InChI=1S/C18H26N2O2/c1-4-5-6-11-19-16(21)18(9-10-18)17(22)20-15-8-7-13(2)12-14(15)3/h7-8,12H,4-6,9-11H2,1-3H3,(H,19,21)(H,20,22). The van der Waals surface area contributed by atoms with Crippen molar-refractivity contribution < 1.29 is 9.59 Å². The Morgan fingerprint density at radius 3 is 2.45 bits per heavy atom. The van der Waals surface area contributed by atoms with Crippen molar-refractivity contribution in [2.75, 3.05) is 11.9 Å². The van der Waals surface area contributed by atoms with Gasteiger partial charge in [-0.15, -0.1) is 0 Å². The van der Waals surface area contributed by atoms with Gasteiger partial charge in [0.2, 0.25) is 11.8 Å². The normalized spacial score (nSPS) is 15.2. The molecule has 0 aliphatic heterocycles. The van der Waals surface area contributed by atoms with E-state index in [1.54, 1.807) is 0 Å². The van der Waals surface area contributed by atoms with Crippen LogP contribution in [0.2, 0.25) is 0 Å². The van der Waals surface area contributed by atoms with Gasteiger partial charge in [0.25, 0.3) is 0 Å². The quantitative estimate of drug-likeness (QED) is 0.599. The summed E-state index contributed by atoms with van der Waals surface area (Å²) in [6.45, 7) is 6.77. The predicted molar refractivity (Wildman–Crippen MR) is 88.7 cm³/mol. The Morgan fingerprint density at radius 1 is 1.14 bits per heavy atom. The molecule has 22 heavy (non-hydrogen) atoms. The van der Waals surface area contributed by atoms with Crippen molar-refractivity contribution in [2.45, 2.75) is 52.9 Å². The van der Waals surface area contributed by atoms with E-state index < -0.39 is 5.41 Å². The Bertz CT molecular complexity index is 562. The number of unbranched alkanes of at least 4 members (excludes halogenated alkanes) is 2. The smallest absolute Gasteiger partial charge is 0.240 e. The maximum Gasteiger partial charge on any atom is 0.240 e. The van der Waals surface area contributed by atoms with Gasteiger partial charge in [0.15, 0.2) is 0 Å². The monoisotopic (exact) mass is 302 g/mol. The van der Waals surface area contributed by atoms with Crippen LogP contribution < -0.4 is 10.6 Å². The molecule has 2 rings (SSSR count). The van der Waals surface area contributed by atoms with Gasteiger partial charge >= 0.3 is 0 Å². The van der Waals surface area contributed by atoms with Gasteiger partial charge in [0.1, 0.15) is 5.41 Å². The Morgan fingerprint density at radius 2 is 1.86 bits per heavy atom. The Labute approximate surface area is 132 Å². The SMILES string of the molecule is CCCCCNC(=O)C1(C(=O)Nc2ccc(C)cc2C)CC1. The number of carbonyl (C=O) groups is 2. The molecule has 0 saturated heterocycles. The summed E-state index contributed by atoms with van der Waals surface area (Å²) in [6.07, 6.45) is 4.47. The first-order chi connectivity index (χ1) is 10.5. The van der Waals surface area contributed by atoms with Crippen molar-refractivity contribution in [2.24, 2.45) is 5.41 Å². The minimum atomic E-state index is -0.844. The summed E-state index contributed by atoms with van der Waals surface area (Å²) in [6, 6.07) is 5.89. The largest absolute Gasteiger partial charge is 0.355 e. The molecule has 120 valence electrons. The molecule has 0 heterocycles. The van der Waals surface area contributed by atoms with Crippen LogP contribution in [0.15, 0.2) is 18.2 Å². The first-order valence-corrected chi connectivity index (χ1v) is 8.16. The van der Waals surface area contributed by atoms with E-state index in [1.165, 1.54) is 0 Å². The van der Waals surface area contributed by atoms with E-state index in [0.717, 1.165) is 36.1 Å². The molecule has 0 atom stereocenters. The van der Waals surface area contributed by atoms with Crippen LogP contribution >= 0.6 is 0 Å². The lowest BCUT2D eigenvalue weighted by atomic mass is 10.0. The minimum Gasteiger partial charge on any atom is -0.355 e. The first kappa shape index (κ1) is 16.5. The lowest BCUT2D eigenvalue weighted by Gasteiger charge is -2.16. The molecule has 4 heteroatoms. The van der Waals surface area contributed by atoms with Gasteiger partial charge in [-0.3, -0.25) is 9.59 Å². The van der Waals surface area contributed by atoms with E-state index in [-0.39, 0.29) is 11.8 Å². The van der Waals surface area contributed by atoms with Crippen molar-refractivity contribution in [1.29, 1.82) is 0 Å². The van der Waals surface area contributed by atoms with E-state index in [4.69, 9.17) is 0 Å². The molecule has 0 radical (unpaired) electrons. The van der Waals surface area contributed by atoms with Crippen molar-refractivity contribution in [1.82, 2.24) is 5.32 Å². The number of carbonyl (C=O) groups excluding carboxylic acids is 2. The first-order valence-electron chi connectivity index (χ1n) is 8.16. The number of amides is 2. The number of aryl methyl sites for hydroxylation is 2. The minimum absolute atomic E-state index is 0.120. The van der Waals surface area contributed by atoms with E-state index >= 15 is 0 Å². The Balaban J connectivity index is 1.95. The fourth-order valence-electron chi connectivity index (χ4n) is 2.62. The second-order valence-electron chi connectivity index (χ2n) is 6.32. The highest BCUT2D eigenvalue weighted by Gasteiger charge is 2.56. The summed E-state index contributed by atoms with van der Waals surface area (Å²) in [4.78, 5) is 24.8. The molecule has 1 aliphatic carbocycles. The highest BCUT2D eigenvalue weighted by molar-refractivity contribution is 6.13. The third-order valence-corrected chi connectivity index (χ3v) is 4.32. The average molecular weight is 302 g/mol. The molecule has 0 spiro atoms. The van der Waals surface area contributed by atoms with Crippen LogP contribution in [0.4, 0.5) is 5.69 Å². The summed E-state index contributed by atoms with van der Waals surface area (Å²) >= 11 is 0. The molecule has 1 saturated carbocycles. The molecular formula is C18H26N2O2. The third-order valence-electron chi connectivity index (χ3n) is 4.32. The van der Waals surface area contributed by atoms with Gasteiger partial charge in [-0.1, -0.05) is 37.5 Å². The molecular weight excluding hydrogens is 276 g/mol. The Kier molecular flexibility index (Phi) is 5.22. The number of rotatable bonds is 7. The molecule has 2 N–H and O–H groups in total. The second kappa shape index (κ2) is 6.95. The maximum absolute atomic E-state index is 12.5. The van der Waals surface area contributed by atoms with Crippen molar-refractivity contribution >= 4 is 17.5 Å². The van der Waals surface area contributed by atoms with Gasteiger partial charge in [0, 0.05) is 12.2 Å². The highest BCUT2D eigenvalue weighted by Crippen LogP contribution is 2.47. The zero-order chi connectivity index (χ0) is 16.2. The molecule has 1 aliphatic rings. The molecule has 1 aromatic rings. The fourth-order valence-corrected chi connectivity index (χ4v) is 2.62. The van der Waals surface area contributed by atoms with E-state index in [9.17, 15) is 9.59 Å². The van der Waals surface area contributed by atoms with Crippen LogP contribution in [-0.4, -0.2) is 18.4 Å². The van der Waals surface area contributed by atoms with E-state index in [0.29, 0.717) is 19.4 Å². The zero-order valence-corrected chi connectivity index (χ0v) is 13.8. The topological polar surface area (TPSA) is 58.2 Å². The summed E-state index contributed by atoms with van der Waals surface area (Å²) in [5, 5.41) is 5.83. The highest BCUT2D eigenvalue weighted by atomic mass is 16.2. The molecule has 0 aromatic heterocycles. The van der Waals surface area contributed by atoms with E-state index in [2.05, 4.69) is 17.6 Å². The lowest BCUT2D eigenvalue weighted by Crippen LogP contribution is -2.40. The number of hydrogen-bond acceptors (Lipinski definition) is 2. The molecule has 4 nitrogen and oxygen atoms in total. The van der Waals surface area contributed by atoms with Gasteiger partial charge < -0.3 is 10.6 Å². The zero-order valence-electron chi connectivity index (χ0n) is 13.8. The van der Waals surface area contributed by atoms with Crippen molar-refractivity contribution in [3.8, 4) is 0 Å². The summed E-state index contributed by atoms with van der Waals surface area (Å²) < 4.78 is 0. The second-order valence-corrected chi connectivity index (χ2v) is 6.32. The summed E-state index contributed by atoms with van der Waals surface area (Å²) in [5.41, 5.74) is 2.13. The Hall–Kier alpha value is -1.84. The molecule has 0 bridgehead atoms. The van der Waals surface area contributed by atoms with Gasteiger partial charge in [0.05, 0.1) is 0 Å². The fraction of sp³-hybridized carbons (Fsp3) is 0.556. The van der Waals surface area contributed by atoms with E-state index in [1.807, 2.05) is 32.0 Å². The van der Waals surface area contributed by atoms with Crippen LogP contribution in [0.1, 0.15) is 50.2 Å². The van der Waals surface area contributed by atoms with Crippen molar-refractivity contribution in [3.05, 3.63) is 29.3 Å². The van der Waals surface area contributed by atoms with Crippen molar-refractivity contribution in [3.63, 3.8) is 0 Å². The number of nitrogens with one attached hydrogen (secondary N) is 2.